The quantitative estimate of drug-likeness (QED) is 0.815. The highest BCUT2D eigenvalue weighted by Crippen LogP contribution is 2.30. The van der Waals surface area contributed by atoms with Gasteiger partial charge in [-0.1, -0.05) is 31.2 Å². The predicted octanol–water partition coefficient (Wildman–Crippen LogP) is 2.94. The summed E-state index contributed by atoms with van der Waals surface area (Å²) in [6.07, 6.45) is 5.56. The van der Waals surface area contributed by atoms with E-state index in [4.69, 9.17) is 4.74 Å². The third kappa shape index (κ3) is 3.65. The monoisotopic (exact) mass is 288 g/mol. The Balaban J connectivity index is 1.66. The lowest BCUT2D eigenvalue weighted by Gasteiger charge is -2.38. The standard InChI is InChI=1S/C18H28N2O/c1-2-10-19-13-15-6-3-4-7-16(15)14-20-11-12-21-18-9-5-8-17(18)20/h3-4,6-7,17-19H,2,5,8-14H2,1H3. The number of ether oxygens (including phenoxy) is 1. The zero-order valence-corrected chi connectivity index (χ0v) is 13.2. The average molecular weight is 288 g/mol. The first-order valence-electron chi connectivity index (χ1n) is 8.51. The minimum absolute atomic E-state index is 0.490. The highest BCUT2D eigenvalue weighted by molar-refractivity contribution is 5.27. The molecule has 1 heterocycles. The fourth-order valence-corrected chi connectivity index (χ4v) is 3.70. The maximum atomic E-state index is 5.93. The lowest BCUT2D eigenvalue weighted by atomic mass is 10.0. The number of fused-ring (bicyclic) bond motifs is 1. The number of nitrogens with one attached hydrogen (secondary N) is 1. The molecule has 0 spiro atoms. The van der Waals surface area contributed by atoms with Gasteiger partial charge in [0, 0.05) is 25.7 Å². The molecule has 1 saturated carbocycles. The van der Waals surface area contributed by atoms with Crippen LogP contribution >= 0.6 is 0 Å². The molecule has 2 fully saturated rings. The second-order valence-corrected chi connectivity index (χ2v) is 6.32. The van der Waals surface area contributed by atoms with Crippen LogP contribution in [0.5, 0.6) is 0 Å². The van der Waals surface area contributed by atoms with E-state index in [2.05, 4.69) is 41.4 Å². The summed E-state index contributed by atoms with van der Waals surface area (Å²) >= 11 is 0. The number of rotatable bonds is 6. The number of hydrogen-bond donors (Lipinski definition) is 1. The van der Waals surface area contributed by atoms with Gasteiger partial charge in [0.1, 0.15) is 0 Å². The average Bonchev–Trinajstić information content (AvgIpc) is 2.99. The topological polar surface area (TPSA) is 24.5 Å². The summed E-state index contributed by atoms with van der Waals surface area (Å²) in [7, 11) is 0. The van der Waals surface area contributed by atoms with Crippen LogP contribution in [0.4, 0.5) is 0 Å². The lowest BCUT2D eigenvalue weighted by Crippen LogP contribution is -2.48. The molecule has 3 rings (SSSR count). The fourth-order valence-electron chi connectivity index (χ4n) is 3.70. The molecular weight excluding hydrogens is 260 g/mol. The van der Waals surface area contributed by atoms with Gasteiger partial charge in [-0.25, -0.2) is 0 Å². The highest BCUT2D eigenvalue weighted by Gasteiger charge is 2.35. The Morgan fingerprint density at radius 3 is 2.95 bits per heavy atom. The van der Waals surface area contributed by atoms with E-state index in [9.17, 15) is 0 Å². The normalized spacial score (nSPS) is 26.0. The first-order chi connectivity index (χ1) is 10.4. The zero-order chi connectivity index (χ0) is 14.5. The largest absolute Gasteiger partial charge is 0.375 e. The van der Waals surface area contributed by atoms with Gasteiger partial charge in [-0.2, -0.15) is 0 Å². The Hall–Kier alpha value is -0.900. The van der Waals surface area contributed by atoms with Crippen molar-refractivity contribution >= 4 is 0 Å². The highest BCUT2D eigenvalue weighted by atomic mass is 16.5. The van der Waals surface area contributed by atoms with Gasteiger partial charge in [0.25, 0.3) is 0 Å². The van der Waals surface area contributed by atoms with Crippen molar-refractivity contribution in [3.8, 4) is 0 Å². The van der Waals surface area contributed by atoms with E-state index in [0.717, 1.165) is 32.8 Å². The van der Waals surface area contributed by atoms with E-state index in [0.29, 0.717) is 12.1 Å². The molecule has 2 atom stereocenters. The Labute approximate surface area is 128 Å². The van der Waals surface area contributed by atoms with Crippen molar-refractivity contribution in [1.29, 1.82) is 0 Å². The van der Waals surface area contributed by atoms with Crippen molar-refractivity contribution in [2.75, 3.05) is 19.7 Å². The summed E-state index contributed by atoms with van der Waals surface area (Å²) in [6, 6.07) is 9.54. The fraction of sp³-hybridized carbons (Fsp3) is 0.667. The predicted molar refractivity (Wildman–Crippen MR) is 86.2 cm³/mol. The summed E-state index contributed by atoms with van der Waals surface area (Å²) in [5, 5.41) is 3.53. The molecule has 116 valence electrons. The van der Waals surface area contributed by atoms with Gasteiger partial charge in [-0.15, -0.1) is 0 Å². The first kappa shape index (κ1) is 15.0. The van der Waals surface area contributed by atoms with Crippen LogP contribution in [0.25, 0.3) is 0 Å². The summed E-state index contributed by atoms with van der Waals surface area (Å²) in [5.74, 6) is 0. The van der Waals surface area contributed by atoms with E-state index in [1.54, 1.807) is 0 Å². The van der Waals surface area contributed by atoms with Crippen LogP contribution in [0.3, 0.4) is 0 Å². The van der Waals surface area contributed by atoms with E-state index in [1.807, 2.05) is 0 Å². The van der Waals surface area contributed by atoms with Crippen LogP contribution in [0.1, 0.15) is 43.7 Å². The molecule has 0 radical (unpaired) electrons. The molecule has 1 N–H and O–H groups in total. The summed E-state index contributed by atoms with van der Waals surface area (Å²) in [5.41, 5.74) is 2.93. The molecule has 0 amide bonds. The maximum Gasteiger partial charge on any atom is 0.0731 e. The van der Waals surface area contributed by atoms with E-state index in [-0.39, 0.29) is 0 Å². The van der Waals surface area contributed by atoms with E-state index < -0.39 is 0 Å². The van der Waals surface area contributed by atoms with Gasteiger partial charge < -0.3 is 10.1 Å². The van der Waals surface area contributed by atoms with Gasteiger partial charge >= 0.3 is 0 Å². The molecule has 3 nitrogen and oxygen atoms in total. The molecule has 1 saturated heterocycles. The summed E-state index contributed by atoms with van der Waals surface area (Å²) < 4.78 is 5.93. The summed E-state index contributed by atoms with van der Waals surface area (Å²) in [6.45, 7) is 7.36. The second-order valence-electron chi connectivity index (χ2n) is 6.32. The van der Waals surface area contributed by atoms with Crippen LogP contribution in [0.2, 0.25) is 0 Å². The summed E-state index contributed by atoms with van der Waals surface area (Å²) in [4.78, 5) is 2.65. The Morgan fingerprint density at radius 2 is 2.10 bits per heavy atom. The second kappa shape index (κ2) is 7.39. The molecule has 1 aromatic carbocycles. The maximum absolute atomic E-state index is 5.93. The minimum atomic E-state index is 0.490. The van der Waals surface area contributed by atoms with E-state index in [1.165, 1.54) is 36.8 Å². The number of nitrogens with zero attached hydrogens (tertiary/aromatic N) is 1. The van der Waals surface area contributed by atoms with Crippen LogP contribution in [-0.2, 0) is 17.8 Å². The van der Waals surface area contributed by atoms with Crippen molar-refractivity contribution in [3.05, 3.63) is 35.4 Å². The Bertz CT molecular complexity index is 449. The number of benzene rings is 1. The van der Waals surface area contributed by atoms with Crippen molar-refractivity contribution in [2.24, 2.45) is 0 Å². The van der Waals surface area contributed by atoms with Crippen molar-refractivity contribution in [2.45, 2.75) is 57.8 Å². The lowest BCUT2D eigenvalue weighted by molar-refractivity contribution is -0.0589. The third-order valence-corrected chi connectivity index (χ3v) is 4.83. The Morgan fingerprint density at radius 1 is 1.24 bits per heavy atom. The molecule has 1 aromatic rings. The van der Waals surface area contributed by atoms with Crippen molar-refractivity contribution in [3.63, 3.8) is 0 Å². The van der Waals surface area contributed by atoms with Crippen LogP contribution in [0, 0.1) is 0 Å². The molecule has 2 unspecified atom stereocenters. The van der Waals surface area contributed by atoms with Gasteiger partial charge in [0.15, 0.2) is 0 Å². The van der Waals surface area contributed by atoms with Gasteiger partial charge in [-0.3, -0.25) is 4.90 Å². The minimum Gasteiger partial charge on any atom is -0.375 e. The first-order valence-corrected chi connectivity index (χ1v) is 8.51. The molecular formula is C18H28N2O. The van der Waals surface area contributed by atoms with Gasteiger partial charge in [0.05, 0.1) is 12.7 Å². The molecule has 0 bridgehead atoms. The van der Waals surface area contributed by atoms with Crippen LogP contribution < -0.4 is 5.32 Å². The third-order valence-electron chi connectivity index (χ3n) is 4.83. The van der Waals surface area contributed by atoms with E-state index >= 15 is 0 Å². The van der Waals surface area contributed by atoms with Crippen molar-refractivity contribution in [1.82, 2.24) is 10.2 Å². The number of hydrogen-bond acceptors (Lipinski definition) is 3. The Kier molecular flexibility index (Phi) is 5.28. The van der Waals surface area contributed by atoms with Crippen LogP contribution in [0.15, 0.2) is 24.3 Å². The number of morpholine rings is 1. The molecule has 21 heavy (non-hydrogen) atoms. The molecule has 0 aromatic heterocycles. The smallest absolute Gasteiger partial charge is 0.0731 e. The molecule has 2 aliphatic rings. The molecule has 1 aliphatic heterocycles. The molecule has 3 heteroatoms. The van der Waals surface area contributed by atoms with Gasteiger partial charge in [-0.05, 0) is 43.4 Å². The van der Waals surface area contributed by atoms with Crippen molar-refractivity contribution < 1.29 is 4.74 Å². The van der Waals surface area contributed by atoms with Crippen LogP contribution in [-0.4, -0.2) is 36.7 Å². The van der Waals surface area contributed by atoms with Gasteiger partial charge in [0.2, 0.25) is 0 Å². The zero-order valence-electron chi connectivity index (χ0n) is 13.2. The molecule has 1 aliphatic carbocycles. The SMILES string of the molecule is CCCNCc1ccccc1CN1CCOC2CCCC21.